The highest BCUT2D eigenvalue weighted by atomic mass is 35.5. The summed E-state index contributed by atoms with van der Waals surface area (Å²) in [5.74, 6) is 0.137. The van der Waals surface area contributed by atoms with Crippen molar-refractivity contribution in [2.45, 2.75) is 71.8 Å². The number of H-pyrrole nitrogens is 1. The maximum absolute atomic E-state index is 13.1. The number of aryl methyl sites for hydroxylation is 2. The average molecular weight is 488 g/mol. The van der Waals surface area contributed by atoms with Crippen LogP contribution >= 0.6 is 11.6 Å². The monoisotopic (exact) mass is 487 g/mol. The number of nitrogens with zero attached hydrogens (tertiary/aromatic N) is 1. The SMILES string of the molecule is Cc1cc(C)c(CNC(=O)c2cc(Cl)c3c(c2C)O[C@](C)(C2CCC(N(C)C)CC2)O3)c(=O)[nH]1. The maximum atomic E-state index is 13.1. The van der Waals surface area contributed by atoms with Crippen LogP contribution in [0.15, 0.2) is 16.9 Å². The first kappa shape index (κ1) is 24.6. The third-order valence-electron chi connectivity index (χ3n) is 7.38. The highest BCUT2D eigenvalue weighted by molar-refractivity contribution is 6.33. The van der Waals surface area contributed by atoms with Gasteiger partial charge < -0.3 is 24.7 Å². The number of aromatic amines is 1. The summed E-state index contributed by atoms with van der Waals surface area (Å²) in [4.78, 5) is 30.4. The molecular weight excluding hydrogens is 454 g/mol. The van der Waals surface area contributed by atoms with E-state index in [1.807, 2.05) is 33.8 Å². The van der Waals surface area contributed by atoms with Crippen LogP contribution in [0.25, 0.3) is 0 Å². The molecule has 8 heteroatoms. The molecule has 2 heterocycles. The number of benzene rings is 1. The third-order valence-corrected chi connectivity index (χ3v) is 7.66. The van der Waals surface area contributed by atoms with Crippen molar-refractivity contribution in [2.24, 2.45) is 5.92 Å². The molecule has 7 nitrogen and oxygen atoms in total. The first-order valence-corrected chi connectivity index (χ1v) is 12.2. The van der Waals surface area contributed by atoms with E-state index in [0.717, 1.165) is 36.9 Å². The molecule has 1 aromatic heterocycles. The van der Waals surface area contributed by atoms with Crippen LogP contribution in [0.5, 0.6) is 11.5 Å². The molecule has 0 radical (unpaired) electrons. The van der Waals surface area contributed by atoms with Crippen LogP contribution in [0.4, 0.5) is 0 Å². The fourth-order valence-corrected chi connectivity index (χ4v) is 5.46. The first-order chi connectivity index (χ1) is 16.0. The van der Waals surface area contributed by atoms with Gasteiger partial charge in [-0.1, -0.05) is 11.6 Å². The van der Waals surface area contributed by atoms with Crippen molar-refractivity contribution in [3.8, 4) is 11.5 Å². The molecule has 34 heavy (non-hydrogen) atoms. The molecule has 0 unspecified atom stereocenters. The average Bonchev–Trinajstić information content (AvgIpc) is 3.15. The zero-order valence-corrected chi connectivity index (χ0v) is 21.6. The summed E-state index contributed by atoms with van der Waals surface area (Å²) in [6, 6.07) is 4.09. The largest absolute Gasteiger partial charge is 0.448 e. The normalized spacial score (nSPS) is 23.9. The Morgan fingerprint density at radius 2 is 1.79 bits per heavy atom. The minimum absolute atomic E-state index is 0.124. The summed E-state index contributed by atoms with van der Waals surface area (Å²) in [7, 11) is 4.24. The lowest BCUT2D eigenvalue weighted by molar-refractivity contribution is -0.123. The van der Waals surface area contributed by atoms with Crippen molar-refractivity contribution in [3.05, 3.63) is 55.5 Å². The van der Waals surface area contributed by atoms with E-state index in [1.54, 1.807) is 6.07 Å². The fraction of sp³-hybridized carbons (Fsp3) is 0.538. The van der Waals surface area contributed by atoms with Crippen LogP contribution in [-0.2, 0) is 6.54 Å². The van der Waals surface area contributed by atoms with Gasteiger partial charge in [0.25, 0.3) is 17.3 Å². The van der Waals surface area contributed by atoms with Crippen LogP contribution in [0.2, 0.25) is 5.02 Å². The van der Waals surface area contributed by atoms with Gasteiger partial charge in [0.1, 0.15) is 0 Å². The predicted molar refractivity (Wildman–Crippen MR) is 133 cm³/mol. The van der Waals surface area contributed by atoms with Gasteiger partial charge in [0.15, 0.2) is 11.5 Å². The summed E-state index contributed by atoms with van der Waals surface area (Å²) in [5.41, 5.74) is 3.05. The van der Waals surface area contributed by atoms with Crippen LogP contribution in [0.1, 0.15) is 65.3 Å². The zero-order chi connectivity index (χ0) is 24.8. The van der Waals surface area contributed by atoms with E-state index in [1.165, 1.54) is 0 Å². The Hall–Kier alpha value is -2.51. The highest BCUT2D eigenvalue weighted by Crippen LogP contribution is 2.51. The van der Waals surface area contributed by atoms with E-state index in [-0.39, 0.29) is 23.9 Å². The number of hydrogen-bond donors (Lipinski definition) is 2. The molecule has 4 rings (SSSR count). The molecular formula is C26H34ClN3O4. The molecule has 1 fully saturated rings. The van der Waals surface area contributed by atoms with Gasteiger partial charge in [-0.05, 0) is 78.2 Å². The molecule has 184 valence electrons. The number of amides is 1. The summed E-state index contributed by atoms with van der Waals surface area (Å²) in [6.45, 7) is 7.62. The van der Waals surface area contributed by atoms with Gasteiger partial charge in [-0.15, -0.1) is 0 Å². The molecule has 2 N–H and O–H groups in total. The highest BCUT2D eigenvalue weighted by Gasteiger charge is 2.47. The number of carbonyl (C=O) groups excluding carboxylic acids is 1. The van der Waals surface area contributed by atoms with Gasteiger partial charge in [0, 0.05) is 47.8 Å². The Labute approximate surface area is 205 Å². The molecule has 1 saturated carbocycles. The number of halogens is 1. The van der Waals surface area contributed by atoms with E-state index in [0.29, 0.717) is 39.3 Å². The van der Waals surface area contributed by atoms with Crippen molar-refractivity contribution >= 4 is 17.5 Å². The minimum Gasteiger partial charge on any atom is -0.448 e. The summed E-state index contributed by atoms with van der Waals surface area (Å²) in [5, 5.41) is 3.20. The van der Waals surface area contributed by atoms with Gasteiger partial charge in [-0.3, -0.25) is 9.59 Å². The minimum atomic E-state index is -0.810. The third kappa shape index (κ3) is 4.56. The molecule has 0 saturated heterocycles. The van der Waals surface area contributed by atoms with Crippen molar-refractivity contribution in [2.75, 3.05) is 14.1 Å². The van der Waals surface area contributed by atoms with E-state index < -0.39 is 5.79 Å². The van der Waals surface area contributed by atoms with Crippen molar-refractivity contribution < 1.29 is 14.3 Å². The Bertz CT molecular complexity index is 1170. The number of aromatic nitrogens is 1. The number of rotatable bonds is 5. The molecule has 2 aliphatic rings. The molecule has 1 aliphatic carbocycles. The van der Waals surface area contributed by atoms with Crippen LogP contribution in [0.3, 0.4) is 0 Å². The number of pyridine rings is 1. The van der Waals surface area contributed by atoms with Crippen molar-refractivity contribution in [1.29, 1.82) is 0 Å². The zero-order valence-electron chi connectivity index (χ0n) is 20.8. The van der Waals surface area contributed by atoms with E-state index >= 15 is 0 Å². The number of carbonyl (C=O) groups is 1. The van der Waals surface area contributed by atoms with E-state index in [2.05, 4.69) is 29.3 Å². The number of nitrogens with one attached hydrogen (secondary N) is 2. The van der Waals surface area contributed by atoms with Gasteiger partial charge in [-0.25, -0.2) is 0 Å². The Morgan fingerprint density at radius 1 is 1.15 bits per heavy atom. The molecule has 0 bridgehead atoms. The predicted octanol–water partition coefficient (Wildman–Crippen LogP) is 4.49. The smallest absolute Gasteiger partial charge is 0.253 e. The molecule has 1 aliphatic heterocycles. The summed E-state index contributed by atoms with van der Waals surface area (Å²) in [6.07, 6.45) is 4.19. The molecule has 2 aromatic rings. The summed E-state index contributed by atoms with van der Waals surface area (Å²) < 4.78 is 12.7. The van der Waals surface area contributed by atoms with Crippen molar-refractivity contribution in [3.63, 3.8) is 0 Å². The van der Waals surface area contributed by atoms with Gasteiger partial charge in [0.2, 0.25) is 0 Å². The molecule has 1 aromatic carbocycles. The standard InChI is InChI=1S/C26H34ClN3O4/c1-14-11-15(2)29-25(32)20(14)13-28-24(31)19-12-21(27)23-22(16(19)3)33-26(4,34-23)17-7-9-18(10-8-17)30(5)6/h11-12,17-18H,7-10,13H2,1-6H3,(H,28,31)(H,29,32)/t17?,18?,26-/m0/s1. The van der Waals surface area contributed by atoms with Crippen molar-refractivity contribution in [1.82, 2.24) is 15.2 Å². The van der Waals surface area contributed by atoms with Gasteiger partial charge >= 0.3 is 0 Å². The Morgan fingerprint density at radius 3 is 2.41 bits per heavy atom. The summed E-state index contributed by atoms with van der Waals surface area (Å²) >= 11 is 6.56. The molecule has 1 amide bonds. The van der Waals surface area contributed by atoms with Crippen LogP contribution in [-0.4, -0.2) is 41.7 Å². The second-order valence-electron chi connectivity index (χ2n) is 10.0. The Balaban J connectivity index is 1.52. The number of fused-ring (bicyclic) bond motifs is 1. The van der Waals surface area contributed by atoms with E-state index in [9.17, 15) is 9.59 Å². The lowest BCUT2D eigenvalue weighted by atomic mass is 9.81. The van der Waals surface area contributed by atoms with Crippen LogP contribution < -0.4 is 20.3 Å². The molecule has 1 atom stereocenters. The lowest BCUT2D eigenvalue weighted by Crippen LogP contribution is -2.46. The lowest BCUT2D eigenvalue weighted by Gasteiger charge is -2.39. The second kappa shape index (κ2) is 9.27. The van der Waals surface area contributed by atoms with E-state index in [4.69, 9.17) is 21.1 Å². The maximum Gasteiger partial charge on any atom is 0.253 e. The number of ether oxygens (including phenoxy) is 2. The Kier molecular flexibility index (Phi) is 6.71. The molecule has 0 spiro atoms. The number of hydrogen-bond acceptors (Lipinski definition) is 5. The van der Waals surface area contributed by atoms with Gasteiger partial charge in [-0.2, -0.15) is 0 Å². The fourth-order valence-electron chi connectivity index (χ4n) is 5.23. The van der Waals surface area contributed by atoms with Crippen LogP contribution in [0, 0.1) is 26.7 Å². The first-order valence-electron chi connectivity index (χ1n) is 11.8. The topological polar surface area (TPSA) is 83.7 Å². The second-order valence-corrected chi connectivity index (χ2v) is 10.4. The quantitative estimate of drug-likeness (QED) is 0.649. The van der Waals surface area contributed by atoms with Gasteiger partial charge in [0.05, 0.1) is 5.02 Å².